The molecular weight excluding hydrogens is 318 g/mol. The van der Waals surface area contributed by atoms with E-state index in [2.05, 4.69) is 40.2 Å². The number of carbonyl (C=O) groups is 2. The molecule has 106 valence electrons. The number of carbonyl (C=O) groups excluding carboxylic acids is 2. The van der Waals surface area contributed by atoms with Crippen LogP contribution in [0.5, 0.6) is 0 Å². The lowest BCUT2D eigenvalue weighted by Crippen LogP contribution is -2.50. The van der Waals surface area contributed by atoms with Crippen molar-refractivity contribution in [1.82, 2.24) is 4.90 Å². The van der Waals surface area contributed by atoms with Crippen LogP contribution in [0.1, 0.15) is 12.8 Å². The Morgan fingerprint density at radius 2 is 1.35 bits per heavy atom. The molecule has 4 heteroatoms. The number of hydrogen-bond donors (Lipinski definition) is 0. The first-order chi connectivity index (χ1) is 9.74. The first-order valence-corrected chi connectivity index (χ1v) is 8.64. The summed E-state index contributed by atoms with van der Waals surface area (Å²) in [4.78, 5) is 26.8. The molecule has 0 aromatic rings. The maximum absolute atomic E-state index is 12.6. The Hall–Kier alpha value is -0.900. The summed E-state index contributed by atoms with van der Waals surface area (Å²) in [6, 6.07) is 0. The van der Waals surface area contributed by atoms with Gasteiger partial charge in [0.15, 0.2) is 0 Å². The predicted octanol–water partition coefficient (Wildman–Crippen LogP) is 2.38. The summed E-state index contributed by atoms with van der Waals surface area (Å²) in [5.41, 5.74) is 0. The molecule has 0 aromatic heterocycles. The average molecular weight is 336 g/mol. The van der Waals surface area contributed by atoms with Crippen molar-refractivity contribution in [3.05, 3.63) is 24.3 Å². The average Bonchev–Trinajstić information content (AvgIpc) is 2.65. The molecule has 5 aliphatic rings. The number of hydrogen-bond acceptors (Lipinski definition) is 2. The van der Waals surface area contributed by atoms with Crippen LogP contribution in [0.4, 0.5) is 0 Å². The summed E-state index contributed by atoms with van der Waals surface area (Å²) >= 11 is 3.40. The van der Waals surface area contributed by atoms with E-state index in [0.29, 0.717) is 18.4 Å². The largest absolute Gasteiger partial charge is 0.282 e. The van der Waals surface area contributed by atoms with Crippen molar-refractivity contribution in [2.45, 2.75) is 12.8 Å². The van der Waals surface area contributed by atoms with Gasteiger partial charge in [0.1, 0.15) is 0 Å². The van der Waals surface area contributed by atoms with Crippen molar-refractivity contribution in [3.8, 4) is 0 Å². The lowest BCUT2D eigenvalue weighted by atomic mass is 9.50. The highest BCUT2D eigenvalue weighted by atomic mass is 79.9. The van der Waals surface area contributed by atoms with Crippen molar-refractivity contribution in [1.29, 1.82) is 0 Å². The van der Waals surface area contributed by atoms with E-state index < -0.39 is 0 Å². The van der Waals surface area contributed by atoms with Crippen LogP contribution in [0.3, 0.4) is 0 Å². The Bertz CT molecular complexity index is 487. The third-order valence-corrected chi connectivity index (χ3v) is 6.09. The Balaban J connectivity index is 1.60. The second kappa shape index (κ2) is 4.55. The maximum Gasteiger partial charge on any atom is 0.233 e. The van der Waals surface area contributed by atoms with Gasteiger partial charge in [-0.1, -0.05) is 40.2 Å². The molecule has 2 bridgehead atoms. The summed E-state index contributed by atoms with van der Waals surface area (Å²) in [5, 5.41) is 0.928. The van der Waals surface area contributed by atoms with E-state index in [1.807, 2.05) is 0 Å². The second-order valence-corrected chi connectivity index (χ2v) is 7.15. The minimum absolute atomic E-state index is 0.0762. The van der Waals surface area contributed by atoms with Crippen LogP contribution in [-0.4, -0.2) is 28.6 Å². The molecule has 0 spiro atoms. The molecule has 3 nitrogen and oxygen atoms in total. The van der Waals surface area contributed by atoms with Gasteiger partial charge in [0.05, 0.1) is 11.8 Å². The zero-order valence-electron chi connectivity index (χ0n) is 11.2. The normalized spacial score (nSPS) is 43.8. The monoisotopic (exact) mass is 335 g/mol. The van der Waals surface area contributed by atoms with Gasteiger partial charge in [0, 0.05) is 11.9 Å². The number of rotatable bonds is 4. The summed E-state index contributed by atoms with van der Waals surface area (Å²) in [5.74, 6) is 1.56. The van der Waals surface area contributed by atoms with Gasteiger partial charge in [-0.2, -0.15) is 0 Å². The zero-order chi connectivity index (χ0) is 13.9. The number of allylic oxidation sites excluding steroid dienone is 4. The summed E-state index contributed by atoms with van der Waals surface area (Å²) in [7, 11) is 0. The first-order valence-electron chi connectivity index (χ1n) is 7.52. The Kier molecular flexibility index (Phi) is 2.92. The number of likely N-dealkylation sites (tertiary alicyclic amines) is 1. The van der Waals surface area contributed by atoms with Gasteiger partial charge < -0.3 is 0 Å². The minimum atomic E-state index is -0.0762. The number of imide groups is 1. The highest BCUT2D eigenvalue weighted by molar-refractivity contribution is 9.09. The van der Waals surface area contributed by atoms with Gasteiger partial charge in [-0.25, -0.2) is 0 Å². The maximum atomic E-state index is 12.6. The number of halogens is 1. The number of unbranched alkanes of at least 4 members (excludes halogenated alkanes) is 1. The van der Waals surface area contributed by atoms with E-state index in [1.165, 1.54) is 0 Å². The zero-order valence-corrected chi connectivity index (χ0v) is 12.8. The number of alkyl halides is 1. The lowest BCUT2D eigenvalue weighted by Gasteiger charge is -2.51. The summed E-state index contributed by atoms with van der Waals surface area (Å²) < 4.78 is 0. The molecule has 4 aliphatic carbocycles. The van der Waals surface area contributed by atoms with Gasteiger partial charge >= 0.3 is 0 Å². The lowest BCUT2D eigenvalue weighted by molar-refractivity contribution is -0.140. The fourth-order valence-corrected chi connectivity index (χ4v) is 4.93. The second-order valence-electron chi connectivity index (χ2n) is 6.35. The van der Waals surface area contributed by atoms with E-state index in [1.54, 1.807) is 4.90 Å². The molecule has 2 fully saturated rings. The van der Waals surface area contributed by atoms with Crippen molar-refractivity contribution in [3.63, 3.8) is 0 Å². The Morgan fingerprint density at radius 3 is 1.80 bits per heavy atom. The molecule has 2 amide bonds. The third-order valence-electron chi connectivity index (χ3n) is 5.53. The predicted molar refractivity (Wildman–Crippen MR) is 79.0 cm³/mol. The van der Waals surface area contributed by atoms with E-state index in [4.69, 9.17) is 0 Å². The molecule has 5 rings (SSSR count). The van der Waals surface area contributed by atoms with E-state index >= 15 is 0 Å². The molecule has 0 unspecified atom stereocenters. The molecule has 0 N–H and O–H groups in total. The fourth-order valence-electron chi connectivity index (χ4n) is 4.54. The topological polar surface area (TPSA) is 37.4 Å². The minimum Gasteiger partial charge on any atom is -0.282 e. The Labute approximate surface area is 127 Å². The van der Waals surface area contributed by atoms with E-state index in [0.717, 1.165) is 18.2 Å². The summed E-state index contributed by atoms with van der Waals surface area (Å²) in [6.45, 7) is 0.596. The van der Waals surface area contributed by atoms with Crippen LogP contribution in [0, 0.1) is 35.5 Å². The first kappa shape index (κ1) is 12.8. The van der Waals surface area contributed by atoms with Crippen molar-refractivity contribution >= 4 is 27.7 Å². The van der Waals surface area contributed by atoms with Crippen LogP contribution in [-0.2, 0) is 9.59 Å². The van der Waals surface area contributed by atoms with Crippen LogP contribution in [0.15, 0.2) is 24.3 Å². The highest BCUT2D eigenvalue weighted by Gasteiger charge is 2.62. The van der Waals surface area contributed by atoms with Gasteiger partial charge in [0.25, 0.3) is 0 Å². The van der Waals surface area contributed by atoms with Crippen molar-refractivity contribution < 1.29 is 9.59 Å². The molecule has 1 saturated heterocycles. The molecular formula is C16H18BrNO2. The number of nitrogens with zero attached hydrogens (tertiary/aromatic N) is 1. The van der Waals surface area contributed by atoms with Crippen LogP contribution >= 0.6 is 15.9 Å². The van der Waals surface area contributed by atoms with Gasteiger partial charge in [-0.05, 0) is 36.5 Å². The molecule has 1 saturated carbocycles. The quantitative estimate of drug-likeness (QED) is 0.342. The molecule has 0 aromatic carbocycles. The molecule has 0 radical (unpaired) electrons. The molecule has 6 atom stereocenters. The standard InChI is InChI=1S/C16H18BrNO2/c17-7-1-2-8-18-15(19)13-11-5-6-12(14(13)16(18)20)10-4-3-9(10)11/h3-6,9-14H,1-2,7-8H2/t9-,10+,11-,12+,13+,14-. The summed E-state index contributed by atoms with van der Waals surface area (Å²) in [6.07, 6.45) is 10.8. The third kappa shape index (κ3) is 1.51. The van der Waals surface area contributed by atoms with Gasteiger partial charge in [-0.15, -0.1) is 0 Å². The van der Waals surface area contributed by atoms with E-state index in [-0.39, 0.29) is 35.5 Å². The van der Waals surface area contributed by atoms with E-state index in [9.17, 15) is 9.59 Å². The van der Waals surface area contributed by atoms with Crippen LogP contribution in [0.25, 0.3) is 0 Å². The van der Waals surface area contributed by atoms with Gasteiger partial charge in [-0.3, -0.25) is 14.5 Å². The highest BCUT2D eigenvalue weighted by Crippen LogP contribution is 2.58. The van der Waals surface area contributed by atoms with Gasteiger partial charge in [0.2, 0.25) is 11.8 Å². The number of amides is 2. The SMILES string of the molecule is O=C1[C@@H]2[C@H]3C=C[C@H]([C@@H]4C=C[C@@H]43)[C@@H]2C(=O)N1CCCCBr. The van der Waals surface area contributed by atoms with Crippen LogP contribution < -0.4 is 0 Å². The molecule has 20 heavy (non-hydrogen) atoms. The van der Waals surface area contributed by atoms with Crippen molar-refractivity contribution in [2.24, 2.45) is 35.5 Å². The smallest absolute Gasteiger partial charge is 0.233 e. The Morgan fingerprint density at radius 1 is 0.850 bits per heavy atom. The molecule has 1 heterocycles. The van der Waals surface area contributed by atoms with Crippen LogP contribution in [0.2, 0.25) is 0 Å². The fraction of sp³-hybridized carbons (Fsp3) is 0.625. The van der Waals surface area contributed by atoms with Crippen molar-refractivity contribution in [2.75, 3.05) is 11.9 Å². The molecule has 1 aliphatic heterocycles.